The van der Waals surface area contributed by atoms with Crippen LogP contribution in [0.15, 0.2) is 65.5 Å². The first-order chi connectivity index (χ1) is 13.3. The first kappa shape index (κ1) is 16.5. The second-order valence-corrected chi connectivity index (χ2v) is 7.66. The lowest BCUT2D eigenvalue weighted by atomic mass is 9.94. The van der Waals surface area contributed by atoms with Crippen molar-refractivity contribution in [1.29, 1.82) is 0 Å². The third kappa shape index (κ3) is 3.47. The molecule has 0 N–H and O–H groups in total. The van der Waals surface area contributed by atoms with E-state index in [1.807, 2.05) is 30.6 Å². The van der Waals surface area contributed by atoms with Crippen LogP contribution in [0.4, 0.5) is 5.95 Å². The molecule has 6 rings (SSSR count). The number of aromatic nitrogens is 2. The first-order valence-corrected chi connectivity index (χ1v) is 9.74. The topological polar surface area (TPSA) is 45.4 Å². The average molecular weight is 360 g/mol. The van der Waals surface area contributed by atoms with Crippen LogP contribution in [0.5, 0.6) is 0 Å². The highest BCUT2D eigenvalue weighted by Gasteiger charge is 2.35. The summed E-state index contributed by atoms with van der Waals surface area (Å²) in [6.07, 6.45) is 7.97. The Morgan fingerprint density at radius 3 is 2.74 bits per heavy atom. The second kappa shape index (κ2) is 7.16. The van der Waals surface area contributed by atoms with Crippen LogP contribution in [-0.2, 0) is 6.54 Å². The highest BCUT2D eigenvalue weighted by atomic mass is 16.3. The second-order valence-electron chi connectivity index (χ2n) is 7.66. The van der Waals surface area contributed by atoms with Gasteiger partial charge in [0.15, 0.2) is 0 Å². The molecule has 2 atom stereocenters. The third-order valence-corrected chi connectivity index (χ3v) is 5.78. The minimum absolute atomic E-state index is 0.555. The summed E-state index contributed by atoms with van der Waals surface area (Å²) in [4.78, 5) is 14.0. The van der Waals surface area contributed by atoms with E-state index in [2.05, 4.69) is 44.0 Å². The van der Waals surface area contributed by atoms with Crippen molar-refractivity contribution in [3.05, 3.63) is 66.7 Å². The van der Waals surface area contributed by atoms with Crippen LogP contribution in [0.25, 0.3) is 11.3 Å². The van der Waals surface area contributed by atoms with Gasteiger partial charge in [-0.2, -0.15) is 0 Å². The Bertz CT molecular complexity index is 880. The molecule has 0 radical (unpaired) electrons. The molecule has 3 aliphatic rings. The molecule has 3 fully saturated rings. The molecule has 3 aromatic rings. The number of fused-ring (bicyclic) bond motifs is 4. The van der Waals surface area contributed by atoms with Crippen molar-refractivity contribution in [3.63, 3.8) is 0 Å². The van der Waals surface area contributed by atoms with Crippen LogP contribution in [0, 0.1) is 5.92 Å². The number of nitrogens with zero attached hydrogens (tertiary/aromatic N) is 4. The van der Waals surface area contributed by atoms with Gasteiger partial charge in [-0.25, -0.2) is 9.97 Å². The van der Waals surface area contributed by atoms with Crippen LogP contribution < -0.4 is 4.90 Å². The highest BCUT2D eigenvalue weighted by molar-refractivity contribution is 5.58. The van der Waals surface area contributed by atoms with Crippen molar-refractivity contribution in [2.24, 2.45) is 5.92 Å². The van der Waals surface area contributed by atoms with Crippen LogP contribution in [-0.4, -0.2) is 40.5 Å². The smallest absolute Gasteiger partial charge is 0.225 e. The van der Waals surface area contributed by atoms with Gasteiger partial charge >= 0.3 is 0 Å². The quantitative estimate of drug-likeness (QED) is 0.707. The Labute approximate surface area is 159 Å². The molecule has 0 amide bonds. The summed E-state index contributed by atoms with van der Waals surface area (Å²) in [6.45, 7) is 4.21. The maximum atomic E-state index is 5.56. The number of piperidine rings is 1. The molecular weight excluding hydrogens is 336 g/mol. The van der Waals surface area contributed by atoms with E-state index in [1.54, 1.807) is 6.26 Å². The molecular formula is C22H24N4O. The van der Waals surface area contributed by atoms with Gasteiger partial charge in [0.2, 0.25) is 5.95 Å². The normalized spacial score (nSPS) is 22.7. The highest BCUT2D eigenvalue weighted by Crippen LogP contribution is 2.31. The Morgan fingerprint density at radius 1 is 0.963 bits per heavy atom. The van der Waals surface area contributed by atoms with Gasteiger partial charge < -0.3 is 9.32 Å². The number of rotatable bonds is 4. The van der Waals surface area contributed by atoms with E-state index in [1.165, 1.54) is 18.4 Å². The molecule has 0 saturated carbocycles. The molecule has 0 spiro atoms. The third-order valence-electron chi connectivity index (χ3n) is 5.78. The van der Waals surface area contributed by atoms with Gasteiger partial charge in [-0.1, -0.05) is 18.2 Å². The van der Waals surface area contributed by atoms with Crippen molar-refractivity contribution >= 4 is 5.95 Å². The number of furan rings is 1. The summed E-state index contributed by atoms with van der Waals surface area (Å²) in [5.74, 6) is 2.48. The summed E-state index contributed by atoms with van der Waals surface area (Å²) in [7, 11) is 0. The van der Waals surface area contributed by atoms with Gasteiger partial charge in [0.05, 0.1) is 6.26 Å². The van der Waals surface area contributed by atoms with Gasteiger partial charge in [0, 0.05) is 50.2 Å². The summed E-state index contributed by atoms with van der Waals surface area (Å²) in [5, 5.41) is 0. The minimum atomic E-state index is 0.555. The molecule has 27 heavy (non-hydrogen) atoms. The molecule has 5 heteroatoms. The SMILES string of the molecule is c1cnc(N2C[C@@H]3CC[C@H](C2)N(Cc2cccc(-c4ccco4)c2)C3)nc1. The van der Waals surface area contributed by atoms with Crippen molar-refractivity contribution < 1.29 is 4.42 Å². The molecule has 2 aromatic heterocycles. The van der Waals surface area contributed by atoms with Crippen LogP contribution in [0.2, 0.25) is 0 Å². The maximum Gasteiger partial charge on any atom is 0.225 e. The number of hydrogen-bond donors (Lipinski definition) is 0. The summed E-state index contributed by atoms with van der Waals surface area (Å²) < 4.78 is 5.56. The van der Waals surface area contributed by atoms with Gasteiger partial charge in [-0.15, -0.1) is 0 Å². The monoisotopic (exact) mass is 360 g/mol. The number of hydrogen-bond acceptors (Lipinski definition) is 5. The Balaban J connectivity index is 1.34. The first-order valence-electron chi connectivity index (χ1n) is 9.74. The van der Waals surface area contributed by atoms with E-state index < -0.39 is 0 Å². The van der Waals surface area contributed by atoms with E-state index >= 15 is 0 Å². The Hall–Kier alpha value is -2.66. The fourth-order valence-corrected chi connectivity index (χ4v) is 4.49. The number of anilines is 1. The van der Waals surface area contributed by atoms with Gasteiger partial charge in [0.25, 0.3) is 0 Å². The lowest BCUT2D eigenvalue weighted by molar-refractivity contribution is 0.126. The molecule has 2 bridgehead atoms. The predicted molar refractivity (Wildman–Crippen MR) is 105 cm³/mol. The zero-order valence-corrected chi connectivity index (χ0v) is 15.4. The average Bonchev–Trinajstić information content (AvgIpc) is 3.11. The summed E-state index contributed by atoms with van der Waals surface area (Å²) >= 11 is 0. The van der Waals surface area contributed by atoms with E-state index in [0.717, 1.165) is 43.5 Å². The maximum absolute atomic E-state index is 5.56. The van der Waals surface area contributed by atoms with Crippen LogP contribution in [0.1, 0.15) is 18.4 Å². The summed E-state index contributed by atoms with van der Waals surface area (Å²) in [6, 6.07) is 15.1. The number of benzene rings is 1. The zero-order chi connectivity index (χ0) is 18.1. The van der Waals surface area contributed by atoms with Crippen LogP contribution in [0.3, 0.4) is 0 Å². The minimum Gasteiger partial charge on any atom is -0.464 e. The lowest BCUT2D eigenvalue weighted by Crippen LogP contribution is -2.43. The van der Waals surface area contributed by atoms with Gasteiger partial charge in [-0.05, 0) is 48.6 Å². The largest absolute Gasteiger partial charge is 0.464 e. The van der Waals surface area contributed by atoms with E-state index in [-0.39, 0.29) is 0 Å². The predicted octanol–water partition coefficient (Wildman–Crippen LogP) is 3.84. The molecule has 5 heterocycles. The van der Waals surface area contributed by atoms with Crippen LogP contribution >= 0.6 is 0 Å². The van der Waals surface area contributed by atoms with E-state index in [0.29, 0.717) is 12.0 Å². The molecule has 0 aliphatic carbocycles. The standard InChI is InChI=1S/C22H24N4O/c1-4-17(12-19(5-1)21-6-2-11-27-21)13-25-14-18-7-8-20(25)16-26(15-18)22-23-9-3-10-24-22/h1-6,9-12,18,20H,7-8,13-16H2/t18-,20-/m1/s1. The van der Waals surface area contributed by atoms with Gasteiger partial charge in [-0.3, -0.25) is 4.90 Å². The van der Waals surface area contributed by atoms with Crippen molar-refractivity contribution in [1.82, 2.24) is 14.9 Å². The zero-order valence-electron chi connectivity index (χ0n) is 15.4. The Morgan fingerprint density at radius 2 is 1.89 bits per heavy atom. The Kier molecular flexibility index (Phi) is 4.38. The molecule has 0 unspecified atom stereocenters. The molecule has 1 aromatic carbocycles. The van der Waals surface area contributed by atoms with Gasteiger partial charge in [0.1, 0.15) is 5.76 Å². The van der Waals surface area contributed by atoms with Crippen molar-refractivity contribution in [3.8, 4) is 11.3 Å². The fraction of sp³-hybridized carbons (Fsp3) is 0.364. The molecule has 3 saturated heterocycles. The fourth-order valence-electron chi connectivity index (χ4n) is 4.49. The van der Waals surface area contributed by atoms with Crippen molar-refractivity contribution in [2.75, 3.05) is 24.5 Å². The van der Waals surface area contributed by atoms with Crippen molar-refractivity contribution in [2.45, 2.75) is 25.4 Å². The summed E-state index contributed by atoms with van der Waals surface area (Å²) in [5.41, 5.74) is 2.50. The molecule has 138 valence electrons. The van der Waals surface area contributed by atoms with E-state index in [9.17, 15) is 0 Å². The van der Waals surface area contributed by atoms with E-state index in [4.69, 9.17) is 4.42 Å². The molecule has 5 nitrogen and oxygen atoms in total. The lowest BCUT2D eigenvalue weighted by Gasteiger charge is -2.36. The molecule has 3 aliphatic heterocycles.